The first-order valence-electron chi connectivity index (χ1n) is 7.43. The summed E-state index contributed by atoms with van der Waals surface area (Å²) in [4.78, 5) is 12.0. The standard InChI is InChI=1S/C18H22N2O2/c1-13-8-10-17(22-15-6-4-3-5-7-15)16(12-13)20-18(21)11-9-14(2)19/h3-8,10,12,14H,9,11,19H2,1-2H3,(H,20,21). The second-order valence-electron chi connectivity index (χ2n) is 5.48. The number of rotatable bonds is 6. The summed E-state index contributed by atoms with van der Waals surface area (Å²) in [6.45, 7) is 3.87. The number of carbonyl (C=O) groups excluding carboxylic acids is 1. The van der Waals surface area contributed by atoms with Crippen molar-refractivity contribution in [1.82, 2.24) is 0 Å². The van der Waals surface area contributed by atoms with Gasteiger partial charge in [-0.3, -0.25) is 4.79 Å². The summed E-state index contributed by atoms with van der Waals surface area (Å²) in [5, 5.41) is 2.91. The average Bonchev–Trinajstić information content (AvgIpc) is 2.49. The molecule has 0 saturated heterocycles. The van der Waals surface area contributed by atoms with Gasteiger partial charge in [0.2, 0.25) is 5.91 Å². The number of aryl methyl sites for hydroxylation is 1. The van der Waals surface area contributed by atoms with Crippen molar-refractivity contribution in [3.63, 3.8) is 0 Å². The van der Waals surface area contributed by atoms with Crippen LogP contribution in [0, 0.1) is 6.92 Å². The van der Waals surface area contributed by atoms with Gasteiger partial charge in [0.25, 0.3) is 0 Å². The van der Waals surface area contributed by atoms with Gasteiger partial charge >= 0.3 is 0 Å². The molecular weight excluding hydrogens is 276 g/mol. The number of para-hydroxylation sites is 1. The van der Waals surface area contributed by atoms with Crippen molar-refractivity contribution in [3.05, 3.63) is 54.1 Å². The lowest BCUT2D eigenvalue weighted by molar-refractivity contribution is -0.116. The highest BCUT2D eigenvalue weighted by Crippen LogP contribution is 2.30. The van der Waals surface area contributed by atoms with Crippen LogP contribution in [-0.4, -0.2) is 11.9 Å². The molecule has 22 heavy (non-hydrogen) atoms. The smallest absolute Gasteiger partial charge is 0.224 e. The maximum atomic E-state index is 12.0. The van der Waals surface area contributed by atoms with Gasteiger partial charge in [-0.25, -0.2) is 0 Å². The molecule has 0 spiro atoms. The molecule has 2 aromatic carbocycles. The van der Waals surface area contributed by atoms with Gasteiger partial charge in [0.1, 0.15) is 5.75 Å². The molecule has 0 fully saturated rings. The molecule has 2 rings (SSSR count). The molecule has 1 unspecified atom stereocenters. The number of carbonyl (C=O) groups is 1. The van der Waals surface area contributed by atoms with E-state index in [0.29, 0.717) is 24.3 Å². The lowest BCUT2D eigenvalue weighted by atomic mass is 10.1. The molecule has 1 atom stereocenters. The molecule has 0 aromatic heterocycles. The summed E-state index contributed by atoms with van der Waals surface area (Å²) in [5.74, 6) is 1.31. The molecule has 0 aliphatic rings. The van der Waals surface area contributed by atoms with Gasteiger partial charge in [0.15, 0.2) is 5.75 Å². The van der Waals surface area contributed by atoms with E-state index in [-0.39, 0.29) is 11.9 Å². The molecule has 0 radical (unpaired) electrons. The van der Waals surface area contributed by atoms with Crippen LogP contribution in [-0.2, 0) is 4.79 Å². The minimum atomic E-state index is -0.0548. The molecule has 4 heteroatoms. The van der Waals surface area contributed by atoms with E-state index >= 15 is 0 Å². The first-order chi connectivity index (χ1) is 10.5. The fourth-order valence-electron chi connectivity index (χ4n) is 2.02. The van der Waals surface area contributed by atoms with Crippen LogP contribution in [0.4, 0.5) is 5.69 Å². The van der Waals surface area contributed by atoms with E-state index in [4.69, 9.17) is 10.5 Å². The van der Waals surface area contributed by atoms with Gasteiger partial charge in [0.05, 0.1) is 5.69 Å². The molecule has 2 aromatic rings. The maximum absolute atomic E-state index is 12.0. The number of nitrogens with two attached hydrogens (primary N) is 1. The largest absolute Gasteiger partial charge is 0.455 e. The Kier molecular flexibility index (Phi) is 5.55. The minimum absolute atomic E-state index is 0.0169. The Balaban J connectivity index is 2.12. The van der Waals surface area contributed by atoms with E-state index < -0.39 is 0 Å². The van der Waals surface area contributed by atoms with Crippen LogP contribution < -0.4 is 15.8 Å². The summed E-state index contributed by atoms with van der Waals surface area (Å²) >= 11 is 0. The van der Waals surface area contributed by atoms with Crippen molar-refractivity contribution in [1.29, 1.82) is 0 Å². The maximum Gasteiger partial charge on any atom is 0.224 e. The van der Waals surface area contributed by atoms with Crippen LogP contribution in [0.5, 0.6) is 11.5 Å². The van der Waals surface area contributed by atoms with Gasteiger partial charge in [0, 0.05) is 12.5 Å². The molecular formula is C18H22N2O2. The Bertz CT molecular complexity index is 624. The van der Waals surface area contributed by atoms with E-state index in [1.807, 2.05) is 62.4 Å². The first kappa shape index (κ1) is 16.0. The van der Waals surface area contributed by atoms with Crippen LogP contribution in [0.3, 0.4) is 0 Å². The van der Waals surface area contributed by atoms with Crippen LogP contribution in [0.2, 0.25) is 0 Å². The highest BCUT2D eigenvalue weighted by molar-refractivity contribution is 5.92. The van der Waals surface area contributed by atoms with Crippen LogP contribution in [0.25, 0.3) is 0 Å². The number of anilines is 1. The monoisotopic (exact) mass is 298 g/mol. The Labute approximate surface area is 131 Å². The number of hydrogen-bond acceptors (Lipinski definition) is 3. The zero-order valence-corrected chi connectivity index (χ0v) is 13.0. The number of amides is 1. The van der Waals surface area contributed by atoms with Gasteiger partial charge in [-0.05, 0) is 50.1 Å². The fourth-order valence-corrected chi connectivity index (χ4v) is 2.02. The topological polar surface area (TPSA) is 64.3 Å². The third-order valence-corrected chi connectivity index (χ3v) is 3.21. The predicted octanol–water partition coefficient (Wildman–Crippen LogP) is 3.85. The van der Waals surface area contributed by atoms with Crippen LogP contribution in [0.15, 0.2) is 48.5 Å². The highest BCUT2D eigenvalue weighted by atomic mass is 16.5. The normalized spacial score (nSPS) is 11.8. The van der Waals surface area contributed by atoms with Crippen molar-refractivity contribution in [2.75, 3.05) is 5.32 Å². The molecule has 1 amide bonds. The highest BCUT2D eigenvalue weighted by Gasteiger charge is 2.10. The van der Waals surface area contributed by atoms with Crippen LogP contribution >= 0.6 is 0 Å². The Morgan fingerprint density at radius 1 is 1.23 bits per heavy atom. The number of nitrogens with one attached hydrogen (secondary N) is 1. The second-order valence-corrected chi connectivity index (χ2v) is 5.48. The summed E-state index contributed by atoms with van der Waals surface area (Å²) in [6, 6.07) is 15.2. The summed E-state index contributed by atoms with van der Waals surface area (Å²) in [5.41, 5.74) is 7.42. The van der Waals surface area contributed by atoms with Crippen molar-refractivity contribution in [2.24, 2.45) is 5.73 Å². The van der Waals surface area contributed by atoms with E-state index in [1.54, 1.807) is 0 Å². The van der Waals surface area contributed by atoms with E-state index in [1.165, 1.54) is 0 Å². The molecule has 0 saturated carbocycles. The molecule has 0 bridgehead atoms. The Hall–Kier alpha value is -2.33. The number of benzene rings is 2. The second kappa shape index (κ2) is 7.61. The zero-order chi connectivity index (χ0) is 15.9. The molecule has 0 aliphatic carbocycles. The summed E-state index contributed by atoms with van der Waals surface area (Å²) in [7, 11) is 0. The van der Waals surface area contributed by atoms with E-state index in [9.17, 15) is 4.79 Å². The van der Waals surface area contributed by atoms with Gasteiger partial charge in [-0.1, -0.05) is 24.3 Å². The zero-order valence-electron chi connectivity index (χ0n) is 13.0. The van der Waals surface area contributed by atoms with E-state index in [0.717, 1.165) is 11.3 Å². The molecule has 0 heterocycles. The predicted molar refractivity (Wildman–Crippen MR) is 89.2 cm³/mol. The molecule has 3 N–H and O–H groups in total. The van der Waals surface area contributed by atoms with Gasteiger partial charge in [-0.15, -0.1) is 0 Å². The van der Waals surface area contributed by atoms with Crippen LogP contribution in [0.1, 0.15) is 25.3 Å². The lowest BCUT2D eigenvalue weighted by Crippen LogP contribution is -2.19. The molecule has 116 valence electrons. The number of ether oxygens (including phenoxy) is 1. The lowest BCUT2D eigenvalue weighted by Gasteiger charge is -2.13. The van der Waals surface area contributed by atoms with Gasteiger partial charge < -0.3 is 15.8 Å². The third kappa shape index (κ3) is 4.90. The Morgan fingerprint density at radius 3 is 2.64 bits per heavy atom. The first-order valence-corrected chi connectivity index (χ1v) is 7.43. The average molecular weight is 298 g/mol. The fraction of sp³-hybridized carbons (Fsp3) is 0.278. The van der Waals surface area contributed by atoms with E-state index in [2.05, 4.69) is 5.32 Å². The molecule has 4 nitrogen and oxygen atoms in total. The number of hydrogen-bond donors (Lipinski definition) is 2. The minimum Gasteiger partial charge on any atom is -0.455 e. The Morgan fingerprint density at radius 2 is 1.95 bits per heavy atom. The van der Waals surface area contributed by atoms with Crippen molar-refractivity contribution in [3.8, 4) is 11.5 Å². The quantitative estimate of drug-likeness (QED) is 0.851. The molecule has 0 aliphatic heterocycles. The summed E-state index contributed by atoms with van der Waals surface area (Å²) < 4.78 is 5.85. The SMILES string of the molecule is Cc1ccc(Oc2ccccc2)c(NC(=O)CCC(C)N)c1. The van der Waals surface area contributed by atoms with Gasteiger partial charge in [-0.2, -0.15) is 0 Å². The summed E-state index contributed by atoms with van der Waals surface area (Å²) in [6.07, 6.45) is 1.06. The van der Waals surface area contributed by atoms with Crippen molar-refractivity contribution < 1.29 is 9.53 Å². The third-order valence-electron chi connectivity index (χ3n) is 3.21. The van der Waals surface area contributed by atoms with Crippen molar-refractivity contribution in [2.45, 2.75) is 32.7 Å². The van der Waals surface area contributed by atoms with Crippen molar-refractivity contribution >= 4 is 11.6 Å².